The predicted octanol–water partition coefficient (Wildman–Crippen LogP) is 2.86. The molecule has 1 atom stereocenters. The van der Waals surface area contributed by atoms with E-state index in [-0.39, 0.29) is 23.1 Å². The molecule has 1 aliphatic heterocycles. The van der Waals surface area contributed by atoms with Crippen LogP contribution in [0.25, 0.3) is 0 Å². The van der Waals surface area contributed by atoms with Crippen molar-refractivity contribution in [3.8, 4) is 5.75 Å². The summed E-state index contributed by atoms with van der Waals surface area (Å²) in [6.07, 6.45) is 0.685. The van der Waals surface area contributed by atoms with Gasteiger partial charge in [0.25, 0.3) is 11.5 Å². The number of hydrogen-bond acceptors (Lipinski definition) is 3. The zero-order chi connectivity index (χ0) is 17.4. The number of aromatic amines is 1. The van der Waals surface area contributed by atoms with Gasteiger partial charge in [0.05, 0.1) is 12.6 Å². The van der Waals surface area contributed by atoms with Crippen LogP contribution in [0.5, 0.6) is 5.75 Å². The van der Waals surface area contributed by atoms with Crippen LogP contribution >= 0.6 is 0 Å². The third kappa shape index (κ3) is 2.94. The lowest BCUT2D eigenvalue weighted by atomic mass is 9.95. The maximum Gasteiger partial charge on any atom is 0.261 e. The fourth-order valence-corrected chi connectivity index (χ4v) is 3.39. The van der Waals surface area contributed by atoms with E-state index in [1.165, 1.54) is 0 Å². The minimum Gasteiger partial charge on any atom is -0.493 e. The highest BCUT2D eigenvalue weighted by Crippen LogP contribution is 2.35. The van der Waals surface area contributed by atoms with Gasteiger partial charge in [0, 0.05) is 17.7 Å². The molecule has 1 aliphatic rings. The summed E-state index contributed by atoms with van der Waals surface area (Å²) in [4.78, 5) is 27.5. The maximum absolute atomic E-state index is 12.7. The number of amides is 1. The van der Waals surface area contributed by atoms with E-state index in [1.807, 2.05) is 26.0 Å². The van der Waals surface area contributed by atoms with Crippen molar-refractivity contribution in [2.24, 2.45) is 0 Å². The second-order valence-corrected chi connectivity index (χ2v) is 6.50. The monoisotopic (exact) mass is 326 g/mol. The van der Waals surface area contributed by atoms with E-state index in [1.54, 1.807) is 13.8 Å². The lowest BCUT2D eigenvalue weighted by molar-refractivity contribution is 0.0922. The zero-order valence-corrected chi connectivity index (χ0v) is 14.4. The molecule has 0 saturated carbocycles. The third-order valence-corrected chi connectivity index (χ3v) is 4.37. The molecule has 1 aromatic heterocycles. The molecule has 5 heteroatoms. The van der Waals surface area contributed by atoms with Crippen LogP contribution in [-0.4, -0.2) is 17.5 Å². The van der Waals surface area contributed by atoms with Crippen LogP contribution < -0.4 is 15.6 Å². The number of carbonyl (C=O) groups is 1. The first-order valence-electron chi connectivity index (χ1n) is 8.12. The number of ether oxygens (including phenoxy) is 1. The van der Waals surface area contributed by atoms with E-state index >= 15 is 0 Å². The quantitative estimate of drug-likeness (QED) is 0.891. The lowest BCUT2D eigenvalue weighted by Crippen LogP contribution is -2.36. The van der Waals surface area contributed by atoms with Crippen molar-refractivity contribution < 1.29 is 9.53 Å². The molecular formula is C19H22N2O3. The molecule has 0 saturated heterocycles. The zero-order valence-electron chi connectivity index (χ0n) is 14.4. The maximum atomic E-state index is 12.7. The molecule has 0 spiro atoms. The first-order valence-corrected chi connectivity index (χ1v) is 8.12. The van der Waals surface area contributed by atoms with E-state index in [2.05, 4.69) is 16.4 Å². The largest absolute Gasteiger partial charge is 0.493 e. The molecule has 2 N–H and O–H groups in total. The number of nitrogens with one attached hydrogen (secondary N) is 2. The summed E-state index contributed by atoms with van der Waals surface area (Å²) in [7, 11) is 0. The third-order valence-electron chi connectivity index (χ3n) is 4.37. The van der Waals surface area contributed by atoms with Gasteiger partial charge in [-0.15, -0.1) is 0 Å². The van der Waals surface area contributed by atoms with Crippen molar-refractivity contribution in [1.82, 2.24) is 10.3 Å². The Morgan fingerprint density at radius 3 is 2.62 bits per heavy atom. The van der Waals surface area contributed by atoms with Crippen molar-refractivity contribution in [1.29, 1.82) is 0 Å². The van der Waals surface area contributed by atoms with Crippen LogP contribution in [0, 0.1) is 27.7 Å². The van der Waals surface area contributed by atoms with Gasteiger partial charge in [-0.1, -0.05) is 17.7 Å². The Balaban J connectivity index is 1.94. The number of carbonyl (C=O) groups excluding carboxylic acids is 1. The van der Waals surface area contributed by atoms with Crippen molar-refractivity contribution in [3.63, 3.8) is 0 Å². The molecule has 126 valence electrons. The molecule has 0 fully saturated rings. The topological polar surface area (TPSA) is 71.2 Å². The van der Waals surface area contributed by atoms with Crippen LogP contribution in [0.3, 0.4) is 0 Å². The average Bonchev–Trinajstić information content (AvgIpc) is 2.47. The Labute approximate surface area is 141 Å². The molecule has 0 aliphatic carbocycles. The van der Waals surface area contributed by atoms with Crippen LogP contribution in [0.2, 0.25) is 0 Å². The molecule has 5 nitrogen and oxygen atoms in total. The second kappa shape index (κ2) is 6.15. The number of benzene rings is 1. The highest BCUT2D eigenvalue weighted by Gasteiger charge is 2.26. The molecule has 0 radical (unpaired) electrons. The number of fused-ring (bicyclic) bond motifs is 1. The molecule has 1 amide bonds. The SMILES string of the molecule is Cc1cc(C)c2c(c1)[C@@H](NC(=O)c1c(C)cc(C)[nH]c1=O)CCO2. The highest BCUT2D eigenvalue weighted by molar-refractivity contribution is 5.95. The van der Waals surface area contributed by atoms with Gasteiger partial charge in [0.2, 0.25) is 0 Å². The summed E-state index contributed by atoms with van der Waals surface area (Å²) in [5.74, 6) is 0.498. The molecular weight excluding hydrogens is 304 g/mol. The lowest BCUT2D eigenvalue weighted by Gasteiger charge is -2.28. The van der Waals surface area contributed by atoms with Crippen molar-refractivity contribution >= 4 is 5.91 Å². The number of pyridine rings is 1. The van der Waals surface area contributed by atoms with Gasteiger partial charge in [-0.25, -0.2) is 0 Å². The Kier molecular flexibility index (Phi) is 4.18. The minimum atomic E-state index is -0.349. The van der Waals surface area contributed by atoms with Gasteiger partial charge in [0.1, 0.15) is 11.3 Å². The molecule has 1 aromatic carbocycles. The predicted molar refractivity (Wildman–Crippen MR) is 92.8 cm³/mol. The fraction of sp³-hybridized carbons (Fsp3) is 0.368. The first kappa shape index (κ1) is 16.3. The molecule has 2 heterocycles. The summed E-state index contributed by atoms with van der Waals surface area (Å²) < 4.78 is 5.77. The van der Waals surface area contributed by atoms with Crippen LogP contribution in [0.4, 0.5) is 0 Å². The standard InChI is InChI=1S/C19H22N2O3/c1-10-7-12(3)17-14(8-10)15(5-6-24-17)21-19(23)16-11(2)9-13(4)20-18(16)22/h7-9,15H,5-6H2,1-4H3,(H,20,22)(H,21,23)/t15-/m0/s1. The van der Waals surface area contributed by atoms with E-state index in [0.717, 1.165) is 28.1 Å². The van der Waals surface area contributed by atoms with Gasteiger partial charge in [-0.05, 0) is 44.9 Å². The number of H-pyrrole nitrogens is 1. The van der Waals surface area contributed by atoms with Crippen molar-refractivity contribution in [2.45, 2.75) is 40.2 Å². The Morgan fingerprint density at radius 2 is 1.92 bits per heavy atom. The van der Waals surface area contributed by atoms with Crippen LogP contribution in [-0.2, 0) is 0 Å². The van der Waals surface area contributed by atoms with Crippen LogP contribution in [0.1, 0.15) is 50.8 Å². The molecule has 24 heavy (non-hydrogen) atoms. The average molecular weight is 326 g/mol. The van der Waals surface area contributed by atoms with Crippen molar-refractivity contribution in [3.05, 3.63) is 62.1 Å². The van der Waals surface area contributed by atoms with Gasteiger partial charge in [0.15, 0.2) is 0 Å². The number of aryl methyl sites for hydroxylation is 4. The molecule has 3 rings (SSSR count). The summed E-state index contributed by atoms with van der Waals surface area (Å²) in [6, 6.07) is 5.76. The smallest absolute Gasteiger partial charge is 0.261 e. The second-order valence-electron chi connectivity index (χ2n) is 6.50. The normalized spacial score (nSPS) is 16.2. The Bertz CT molecular complexity index is 868. The number of rotatable bonds is 2. The number of aromatic nitrogens is 1. The van der Waals surface area contributed by atoms with Crippen LogP contribution in [0.15, 0.2) is 23.0 Å². The summed E-state index contributed by atoms with van der Waals surface area (Å²) >= 11 is 0. The van der Waals surface area contributed by atoms with Gasteiger partial charge in [-0.3, -0.25) is 9.59 Å². The van der Waals surface area contributed by atoms with E-state index < -0.39 is 0 Å². The van der Waals surface area contributed by atoms with E-state index in [0.29, 0.717) is 18.6 Å². The Morgan fingerprint density at radius 1 is 1.17 bits per heavy atom. The van der Waals surface area contributed by atoms with E-state index in [9.17, 15) is 9.59 Å². The molecule has 0 unspecified atom stereocenters. The highest BCUT2D eigenvalue weighted by atomic mass is 16.5. The first-order chi connectivity index (χ1) is 11.4. The van der Waals surface area contributed by atoms with E-state index in [4.69, 9.17) is 4.74 Å². The van der Waals surface area contributed by atoms with Gasteiger partial charge in [-0.2, -0.15) is 0 Å². The van der Waals surface area contributed by atoms with Gasteiger partial charge < -0.3 is 15.0 Å². The van der Waals surface area contributed by atoms with Crippen molar-refractivity contribution in [2.75, 3.05) is 6.61 Å². The fourth-order valence-electron chi connectivity index (χ4n) is 3.39. The minimum absolute atomic E-state index is 0.153. The molecule has 0 bridgehead atoms. The summed E-state index contributed by atoms with van der Waals surface area (Å²) in [5.41, 5.74) is 4.43. The summed E-state index contributed by atoms with van der Waals surface area (Å²) in [6.45, 7) is 8.16. The van der Waals surface area contributed by atoms with Gasteiger partial charge >= 0.3 is 0 Å². The molecule has 2 aromatic rings. The Hall–Kier alpha value is -2.56. The summed E-state index contributed by atoms with van der Waals surface area (Å²) in [5, 5.41) is 3.01. The number of hydrogen-bond donors (Lipinski definition) is 2.